The van der Waals surface area contributed by atoms with Crippen LogP contribution < -0.4 is 10.1 Å². The maximum absolute atomic E-state index is 12.4. The average molecular weight is 465 g/mol. The molecule has 0 bridgehead atoms. The van der Waals surface area contributed by atoms with Gasteiger partial charge in [-0.05, 0) is 67.6 Å². The van der Waals surface area contributed by atoms with Gasteiger partial charge in [0.25, 0.3) is 0 Å². The van der Waals surface area contributed by atoms with Gasteiger partial charge in [-0.3, -0.25) is 4.79 Å². The molecule has 4 aromatic rings. The molecule has 0 saturated heterocycles. The molecule has 0 atom stereocenters. The Kier molecular flexibility index (Phi) is 7.09. The van der Waals surface area contributed by atoms with Crippen LogP contribution in [0.1, 0.15) is 6.92 Å². The van der Waals surface area contributed by atoms with Gasteiger partial charge >= 0.3 is 0 Å². The van der Waals surface area contributed by atoms with Crippen molar-refractivity contribution in [1.82, 2.24) is 14.8 Å². The Morgan fingerprint density at radius 1 is 0.969 bits per heavy atom. The van der Waals surface area contributed by atoms with Crippen molar-refractivity contribution in [2.75, 3.05) is 11.1 Å². The maximum Gasteiger partial charge on any atom is 0.234 e. The van der Waals surface area contributed by atoms with Crippen molar-refractivity contribution in [3.63, 3.8) is 0 Å². The van der Waals surface area contributed by atoms with E-state index >= 15 is 0 Å². The van der Waals surface area contributed by atoms with Crippen molar-refractivity contribution in [2.24, 2.45) is 0 Å². The topological polar surface area (TPSA) is 69.0 Å². The first-order chi connectivity index (χ1) is 15.6. The number of ether oxygens (including phenoxy) is 1. The van der Waals surface area contributed by atoms with Crippen molar-refractivity contribution in [3.05, 3.63) is 83.9 Å². The van der Waals surface area contributed by atoms with Crippen molar-refractivity contribution < 1.29 is 9.53 Å². The molecule has 6 nitrogen and oxygen atoms in total. The summed E-state index contributed by atoms with van der Waals surface area (Å²) >= 11 is 7.32. The van der Waals surface area contributed by atoms with Gasteiger partial charge in [-0.1, -0.05) is 41.6 Å². The van der Waals surface area contributed by atoms with E-state index in [0.717, 1.165) is 17.1 Å². The second-order valence-electron chi connectivity index (χ2n) is 6.83. The van der Waals surface area contributed by atoms with Crippen LogP contribution in [0, 0.1) is 0 Å². The number of nitrogens with one attached hydrogen (secondary N) is 1. The van der Waals surface area contributed by atoms with Crippen LogP contribution in [0.2, 0.25) is 5.02 Å². The number of aromatic nitrogens is 3. The van der Waals surface area contributed by atoms with Crippen LogP contribution in [0.25, 0.3) is 11.4 Å². The number of carbonyl (C=O) groups excluding carboxylic acids is 1. The largest absolute Gasteiger partial charge is 0.457 e. The number of rotatable bonds is 8. The van der Waals surface area contributed by atoms with Gasteiger partial charge in [0, 0.05) is 22.8 Å². The molecule has 1 aromatic heterocycles. The molecule has 0 saturated carbocycles. The fraction of sp³-hybridized carbons (Fsp3) is 0.125. The third-order valence-corrected chi connectivity index (χ3v) is 5.80. The first kappa shape index (κ1) is 21.9. The molecule has 0 spiro atoms. The Hall–Kier alpha value is -3.29. The summed E-state index contributed by atoms with van der Waals surface area (Å²) in [4.78, 5) is 12.4. The van der Waals surface area contributed by atoms with Crippen LogP contribution in [0.4, 0.5) is 5.69 Å². The normalized spacial score (nSPS) is 10.7. The third kappa shape index (κ3) is 5.49. The van der Waals surface area contributed by atoms with E-state index in [1.807, 2.05) is 90.4 Å². The Morgan fingerprint density at radius 2 is 1.66 bits per heavy atom. The number of para-hydroxylation sites is 1. The van der Waals surface area contributed by atoms with Gasteiger partial charge in [0.1, 0.15) is 11.5 Å². The zero-order valence-corrected chi connectivity index (χ0v) is 18.9. The minimum Gasteiger partial charge on any atom is -0.457 e. The molecule has 4 rings (SSSR count). The van der Waals surface area contributed by atoms with Crippen molar-refractivity contribution in [3.8, 4) is 22.9 Å². The molecule has 0 aliphatic heterocycles. The van der Waals surface area contributed by atoms with Crippen LogP contribution in [0.15, 0.2) is 84.0 Å². The second-order valence-corrected chi connectivity index (χ2v) is 8.21. The predicted molar refractivity (Wildman–Crippen MR) is 128 cm³/mol. The molecule has 0 aliphatic carbocycles. The molecule has 1 N–H and O–H groups in total. The smallest absolute Gasteiger partial charge is 0.234 e. The zero-order valence-electron chi connectivity index (χ0n) is 17.4. The number of nitrogens with zero attached hydrogens (tertiary/aromatic N) is 3. The summed E-state index contributed by atoms with van der Waals surface area (Å²) < 4.78 is 7.76. The molecule has 1 heterocycles. The number of benzene rings is 3. The SMILES string of the molecule is CCn1c(SCC(=O)Nc2ccc(Oc3ccccc3)cc2)nnc1-c1ccc(Cl)cc1. The molecule has 162 valence electrons. The maximum atomic E-state index is 12.4. The van der Waals surface area contributed by atoms with Gasteiger partial charge < -0.3 is 14.6 Å². The lowest BCUT2D eigenvalue weighted by Crippen LogP contribution is -2.14. The first-order valence-electron chi connectivity index (χ1n) is 10.1. The lowest BCUT2D eigenvalue weighted by Gasteiger charge is -2.09. The number of halogens is 1. The molecule has 0 unspecified atom stereocenters. The van der Waals surface area contributed by atoms with E-state index in [0.29, 0.717) is 28.2 Å². The Balaban J connectivity index is 1.34. The van der Waals surface area contributed by atoms with E-state index in [9.17, 15) is 4.79 Å². The minimum atomic E-state index is -0.120. The van der Waals surface area contributed by atoms with E-state index in [1.165, 1.54) is 11.8 Å². The molecule has 1 amide bonds. The van der Waals surface area contributed by atoms with E-state index < -0.39 is 0 Å². The van der Waals surface area contributed by atoms with Crippen molar-refractivity contribution in [1.29, 1.82) is 0 Å². The molecule has 3 aromatic carbocycles. The quantitative estimate of drug-likeness (QED) is 0.317. The van der Waals surface area contributed by atoms with Crippen molar-refractivity contribution >= 4 is 35.0 Å². The van der Waals surface area contributed by atoms with Gasteiger partial charge in [-0.25, -0.2) is 0 Å². The standard InChI is InChI=1S/C24H21ClN4O2S/c1-2-29-23(17-8-10-18(25)11-9-17)27-28-24(29)32-16-22(30)26-19-12-14-21(15-13-19)31-20-6-4-3-5-7-20/h3-15H,2,16H2,1H3,(H,26,30). The monoisotopic (exact) mass is 464 g/mol. The highest BCUT2D eigenvalue weighted by molar-refractivity contribution is 7.99. The lowest BCUT2D eigenvalue weighted by atomic mass is 10.2. The second kappa shape index (κ2) is 10.3. The van der Waals surface area contributed by atoms with Crippen molar-refractivity contribution in [2.45, 2.75) is 18.6 Å². The highest BCUT2D eigenvalue weighted by Gasteiger charge is 2.14. The van der Waals surface area contributed by atoms with Crippen LogP contribution in [-0.2, 0) is 11.3 Å². The molecule has 0 fully saturated rings. The summed E-state index contributed by atoms with van der Waals surface area (Å²) in [6.45, 7) is 2.71. The zero-order chi connectivity index (χ0) is 22.3. The number of hydrogen-bond donors (Lipinski definition) is 1. The minimum absolute atomic E-state index is 0.120. The number of anilines is 1. The summed E-state index contributed by atoms with van der Waals surface area (Å²) in [6.07, 6.45) is 0. The van der Waals surface area contributed by atoms with Crippen LogP contribution >= 0.6 is 23.4 Å². The van der Waals surface area contributed by atoms with E-state index in [2.05, 4.69) is 15.5 Å². The van der Waals surface area contributed by atoms with E-state index in [1.54, 1.807) is 0 Å². The average Bonchev–Trinajstić information content (AvgIpc) is 3.23. The van der Waals surface area contributed by atoms with Gasteiger partial charge in [-0.2, -0.15) is 0 Å². The Labute approximate surface area is 195 Å². The highest BCUT2D eigenvalue weighted by Crippen LogP contribution is 2.26. The summed E-state index contributed by atoms with van der Waals surface area (Å²) in [5, 5.41) is 12.8. The van der Waals surface area contributed by atoms with Crippen LogP contribution in [-0.4, -0.2) is 26.4 Å². The number of hydrogen-bond acceptors (Lipinski definition) is 5. The summed E-state index contributed by atoms with van der Waals surface area (Å²) in [7, 11) is 0. The van der Waals surface area contributed by atoms with Gasteiger partial charge in [0.15, 0.2) is 11.0 Å². The Bertz CT molecular complexity index is 1180. The molecule has 0 radical (unpaired) electrons. The van der Waals surface area contributed by atoms with Gasteiger partial charge in [-0.15, -0.1) is 10.2 Å². The number of thioether (sulfide) groups is 1. The van der Waals surface area contributed by atoms with Crippen LogP contribution in [0.5, 0.6) is 11.5 Å². The Morgan fingerprint density at radius 3 is 2.34 bits per heavy atom. The molecule has 0 aliphatic rings. The third-order valence-electron chi connectivity index (χ3n) is 4.58. The molecule has 32 heavy (non-hydrogen) atoms. The summed E-state index contributed by atoms with van der Waals surface area (Å²) in [5.74, 6) is 2.32. The number of carbonyl (C=O) groups is 1. The number of amides is 1. The van der Waals surface area contributed by atoms with Gasteiger partial charge in [0.2, 0.25) is 5.91 Å². The van der Waals surface area contributed by atoms with Gasteiger partial charge in [0.05, 0.1) is 5.75 Å². The molecule has 8 heteroatoms. The van der Waals surface area contributed by atoms with Crippen LogP contribution in [0.3, 0.4) is 0 Å². The lowest BCUT2D eigenvalue weighted by molar-refractivity contribution is -0.113. The van der Waals surface area contributed by atoms with E-state index in [-0.39, 0.29) is 11.7 Å². The molecular weight excluding hydrogens is 444 g/mol. The summed E-state index contributed by atoms with van der Waals surface area (Å²) in [6, 6.07) is 24.3. The van der Waals surface area contributed by atoms with E-state index in [4.69, 9.17) is 16.3 Å². The highest BCUT2D eigenvalue weighted by atomic mass is 35.5. The summed E-state index contributed by atoms with van der Waals surface area (Å²) in [5.41, 5.74) is 1.63. The fourth-order valence-electron chi connectivity index (χ4n) is 3.05. The fourth-order valence-corrected chi connectivity index (χ4v) is 3.98. The molecular formula is C24H21ClN4O2S. The predicted octanol–water partition coefficient (Wildman–Crippen LogP) is 6.14. The first-order valence-corrected chi connectivity index (χ1v) is 11.4.